The molecule has 1 rings (SSSR count). The predicted molar refractivity (Wildman–Crippen MR) is 81.9 cm³/mol. The quantitative estimate of drug-likeness (QED) is 0.490. The van der Waals surface area contributed by atoms with Gasteiger partial charge in [-0.15, -0.1) is 0 Å². The van der Waals surface area contributed by atoms with Crippen molar-refractivity contribution in [2.75, 3.05) is 11.3 Å². The number of carbonyl (C=O) groups is 1. The first-order chi connectivity index (χ1) is 10.4. The maximum absolute atomic E-state index is 12.4. The number of sulfonamides is 1. The Morgan fingerprint density at radius 2 is 2.05 bits per heavy atom. The molecule has 1 aromatic rings. The number of hydrogen-bond donors (Lipinski definition) is 3. The number of para-hydroxylation sites is 1. The molecule has 0 aromatic heterocycles. The number of carbonyl (C=O) groups excluding carboxylic acids is 1. The fourth-order valence-electron chi connectivity index (χ4n) is 1.95. The van der Waals surface area contributed by atoms with Crippen LogP contribution in [0.1, 0.15) is 32.3 Å². The van der Waals surface area contributed by atoms with Crippen molar-refractivity contribution in [2.24, 2.45) is 0 Å². The van der Waals surface area contributed by atoms with Crippen molar-refractivity contribution in [2.45, 2.75) is 38.5 Å². The average Bonchev–Trinajstić information content (AvgIpc) is 2.46. The zero-order valence-electron chi connectivity index (χ0n) is 12.6. The highest BCUT2D eigenvalue weighted by atomic mass is 32.2. The Morgan fingerprint density at radius 1 is 1.36 bits per heavy atom. The maximum atomic E-state index is 12.4. The van der Waals surface area contributed by atoms with E-state index >= 15 is 0 Å². The Bertz CT molecular complexity index is 614. The third-order valence-electron chi connectivity index (χ3n) is 3.02. The van der Waals surface area contributed by atoms with Crippen LogP contribution in [-0.4, -0.2) is 36.5 Å². The number of benzene rings is 1. The fraction of sp³-hybridized carbons (Fsp3) is 0.500. The molecule has 0 amide bonds. The first-order valence-electron chi connectivity index (χ1n) is 6.97. The number of anilines is 1. The lowest BCUT2D eigenvalue weighted by atomic mass is 10.2. The van der Waals surface area contributed by atoms with E-state index in [-0.39, 0.29) is 30.0 Å². The van der Waals surface area contributed by atoms with Crippen LogP contribution in [0.4, 0.5) is 5.69 Å². The van der Waals surface area contributed by atoms with Crippen molar-refractivity contribution in [1.82, 2.24) is 0 Å². The lowest BCUT2D eigenvalue weighted by Crippen LogP contribution is -2.36. The van der Waals surface area contributed by atoms with Gasteiger partial charge in [0.2, 0.25) is 10.0 Å². The molecule has 0 radical (unpaired) electrons. The first-order valence-corrected chi connectivity index (χ1v) is 8.51. The van der Waals surface area contributed by atoms with Crippen LogP contribution in [0.2, 0.25) is 0 Å². The first kappa shape index (κ1) is 18.2. The number of nitrogens with one attached hydrogen (secondary N) is 1. The van der Waals surface area contributed by atoms with Gasteiger partial charge < -0.3 is 14.9 Å². The van der Waals surface area contributed by atoms with Gasteiger partial charge in [-0.25, -0.2) is 8.42 Å². The van der Waals surface area contributed by atoms with Crippen molar-refractivity contribution in [3.8, 4) is 5.75 Å². The van der Waals surface area contributed by atoms with Crippen molar-refractivity contribution in [3.63, 3.8) is 0 Å². The molecule has 0 bridgehead atoms. The van der Waals surface area contributed by atoms with Gasteiger partial charge >= 0.3 is 5.97 Å². The molecule has 1 unspecified atom stereocenters. The third-order valence-corrected chi connectivity index (χ3v) is 4.68. The largest absolute Gasteiger partial charge is 0.506 e. The molecule has 3 N–H and O–H groups in total. The van der Waals surface area contributed by atoms with Crippen LogP contribution >= 0.6 is 0 Å². The third kappa shape index (κ3) is 4.35. The van der Waals surface area contributed by atoms with E-state index in [4.69, 9.17) is 4.74 Å². The van der Waals surface area contributed by atoms with Crippen LogP contribution in [0, 0.1) is 0 Å². The predicted octanol–water partition coefficient (Wildman–Crippen LogP) is 1.36. The van der Waals surface area contributed by atoms with Gasteiger partial charge in [-0.3, -0.25) is 9.52 Å². The van der Waals surface area contributed by atoms with Gasteiger partial charge in [0.05, 0.1) is 18.9 Å². The van der Waals surface area contributed by atoms with E-state index in [1.54, 1.807) is 13.8 Å². The van der Waals surface area contributed by atoms with Crippen LogP contribution in [-0.2, 0) is 26.2 Å². The summed E-state index contributed by atoms with van der Waals surface area (Å²) in [7, 11) is -4.11. The zero-order chi connectivity index (χ0) is 16.8. The van der Waals surface area contributed by atoms with E-state index in [0.29, 0.717) is 6.42 Å². The number of hydrogen-bond acceptors (Lipinski definition) is 6. The Hall–Kier alpha value is -1.80. The molecule has 1 aromatic carbocycles. The lowest BCUT2D eigenvalue weighted by Gasteiger charge is -2.18. The summed E-state index contributed by atoms with van der Waals surface area (Å²) in [5, 5.41) is 17.7. The highest BCUT2D eigenvalue weighted by Gasteiger charge is 2.34. The Morgan fingerprint density at radius 3 is 2.59 bits per heavy atom. The van der Waals surface area contributed by atoms with Crippen LogP contribution in [0.5, 0.6) is 5.75 Å². The minimum absolute atomic E-state index is 0.0764. The van der Waals surface area contributed by atoms with Gasteiger partial charge in [-0.05, 0) is 19.4 Å². The molecular formula is C14H21NO6S. The number of aliphatic hydroxyl groups excluding tert-OH is 1. The highest BCUT2D eigenvalue weighted by molar-refractivity contribution is 7.94. The van der Waals surface area contributed by atoms with E-state index < -0.39 is 27.8 Å². The molecular weight excluding hydrogens is 310 g/mol. The van der Waals surface area contributed by atoms with Gasteiger partial charge in [-0.2, -0.15) is 0 Å². The summed E-state index contributed by atoms with van der Waals surface area (Å²) < 4.78 is 31.8. The molecule has 1 atom stereocenters. The Balaban J connectivity index is 3.14. The summed E-state index contributed by atoms with van der Waals surface area (Å²) in [5.41, 5.74) is 0.0816. The summed E-state index contributed by atoms with van der Waals surface area (Å²) in [4.78, 5) is 11.9. The smallest absolute Gasteiger partial charge is 0.326 e. The number of ether oxygens (including phenoxy) is 1. The van der Waals surface area contributed by atoms with Crippen LogP contribution in [0.25, 0.3) is 0 Å². The molecule has 0 aliphatic rings. The van der Waals surface area contributed by atoms with Gasteiger partial charge in [0.25, 0.3) is 0 Å². The normalized spacial score (nSPS) is 12.7. The van der Waals surface area contributed by atoms with Crippen molar-refractivity contribution < 1.29 is 28.2 Å². The number of aliphatic hydroxyl groups is 1. The van der Waals surface area contributed by atoms with Crippen molar-refractivity contribution >= 4 is 21.7 Å². The molecule has 22 heavy (non-hydrogen) atoms. The topological polar surface area (TPSA) is 113 Å². The maximum Gasteiger partial charge on any atom is 0.326 e. The summed E-state index contributed by atoms with van der Waals surface area (Å²) in [6.45, 7) is 2.96. The molecule has 8 heteroatoms. The molecule has 0 fully saturated rings. The van der Waals surface area contributed by atoms with Crippen LogP contribution in [0.3, 0.4) is 0 Å². The number of rotatable bonds is 8. The summed E-state index contributed by atoms with van der Waals surface area (Å²) in [5.74, 6) is -1.16. The minimum Gasteiger partial charge on any atom is -0.506 e. The minimum atomic E-state index is -4.11. The average molecular weight is 331 g/mol. The second kappa shape index (κ2) is 8.00. The van der Waals surface area contributed by atoms with E-state index in [1.165, 1.54) is 18.2 Å². The SMILES string of the molecule is CCCC(C(=O)OCC)S(=O)(=O)Nc1c(O)cccc1CO. The second-order valence-electron chi connectivity index (χ2n) is 4.65. The molecule has 7 nitrogen and oxygen atoms in total. The highest BCUT2D eigenvalue weighted by Crippen LogP contribution is 2.29. The number of aromatic hydroxyl groups is 1. The monoisotopic (exact) mass is 331 g/mol. The molecule has 0 aliphatic heterocycles. The number of phenols is 1. The molecule has 0 heterocycles. The van der Waals surface area contributed by atoms with E-state index in [9.17, 15) is 23.4 Å². The summed E-state index contributed by atoms with van der Waals surface area (Å²) in [6.07, 6.45) is 0.564. The molecule has 0 spiro atoms. The standard InChI is InChI=1S/C14H21NO6S/c1-3-6-12(14(18)21-4-2)22(19,20)15-13-10(9-16)7-5-8-11(13)17/h5,7-8,12,15-17H,3-4,6,9H2,1-2H3. The van der Waals surface area contributed by atoms with E-state index in [1.807, 2.05) is 0 Å². The summed E-state index contributed by atoms with van der Waals surface area (Å²) in [6, 6.07) is 4.24. The number of phenolic OH excluding ortho intramolecular Hbond substituents is 1. The van der Waals surface area contributed by atoms with E-state index in [0.717, 1.165) is 0 Å². The fourth-order valence-corrected chi connectivity index (χ4v) is 3.48. The molecule has 0 aliphatic carbocycles. The Labute approximate surface area is 130 Å². The summed E-state index contributed by atoms with van der Waals surface area (Å²) >= 11 is 0. The van der Waals surface area contributed by atoms with Crippen molar-refractivity contribution in [3.05, 3.63) is 23.8 Å². The van der Waals surface area contributed by atoms with Gasteiger partial charge in [0, 0.05) is 5.56 Å². The van der Waals surface area contributed by atoms with Gasteiger partial charge in [0.1, 0.15) is 5.75 Å². The zero-order valence-corrected chi connectivity index (χ0v) is 13.4. The van der Waals surface area contributed by atoms with Crippen LogP contribution in [0.15, 0.2) is 18.2 Å². The van der Waals surface area contributed by atoms with Gasteiger partial charge in [-0.1, -0.05) is 25.5 Å². The lowest BCUT2D eigenvalue weighted by molar-refractivity contribution is -0.142. The Kier molecular flexibility index (Phi) is 6.63. The van der Waals surface area contributed by atoms with Gasteiger partial charge in [0.15, 0.2) is 5.25 Å². The molecule has 0 saturated heterocycles. The van der Waals surface area contributed by atoms with E-state index in [2.05, 4.69) is 4.72 Å². The number of esters is 1. The molecule has 124 valence electrons. The van der Waals surface area contributed by atoms with Crippen LogP contribution < -0.4 is 4.72 Å². The van der Waals surface area contributed by atoms with Crippen molar-refractivity contribution in [1.29, 1.82) is 0 Å². The molecule has 0 saturated carbocycles. The second-order valence-corrected chi connectivity index (χ2v) is 6.51.